The minimum Gasteiger partial charge on any atom is -0.490 e. The maximum absolute atomic E-state index is 13.2. The minimum absolute atomic E-state index is 0.00491. The summed E-state index contributed by atoms with van der Waals surface area (Å²) in [5.74, 6) is -1.16. The van der Waals surface area contributed by atoms with Crippen LogP contribution < -0.4 is 4.74 Å². The highest BCUT2D eigenvalue weighted by atomic mass is 19.1. The van der Waals surface area contributed by atoms with Gasteiger partial charge in [0.25, 0.3) is 0 Å². The predicted molar refractivity (Wildman–Crippen MR) is 46.1 cm³/mol. The van der Waals surface area contributed by atoms with Gasteiger partial charge in [-0.05, 0) is 18.6 Å². The van der Waals surface area contributed by atoms with Crippen molar-refractivity contribution in [2.45, 2.75) is 6.42 Å². The summed E-state index contributed by atoms with van der Waals surface area (Å²) >= 11 is 0. The normalized spacial score (nSPS) is 20.1. The number of aliphatic hydroxyl groups is 1. The van der Waals surface area contributed by atoms with Crippen LogP contribution in [0.5, 0.6) is 5.75 Å². The summed E-state index contributed by atoms with van der Waals surface area (Å²) in [6.45, 7) is 0.166. The Kier molecular flexibility index (Phi) is 2.37. The molecule has 1 heterocycles. The van der Waals surface area contributed by atoms with E-state index in [4.69, 9.17) is 9.84 Å². The Morgan fingerprint density at radius 3 is 2.79 bits per heavy atom. The summed E-state index contributed by atoms with van der Waals surface area (Å²) < 4.78 is 31.4. The largest absolute Gasteiger partial charge is 0.490 e. The quantitative estimate of drug-likeness (QED) is 0.744. The van der Waals surface area contributed by atoms with E-state index in [9.17, 15) is 8.78 Å². The third kappa shape index (κ3) is 1.46. The van der Waals surface area contributed by atoms with Crippen LogP contribution in [0.2, 0.25) is 0 Å². The molecular formula is C10H10F2O2. The van der Waals surface area contributed by atoms with Gasteiger partial charge in [-0.3, -0.25) is 0 Å². The van der Waals surface area contributed by atoms with Gasteiger partial charge in [-0.25, -0.2) is 8.78 Å². The SMILES string of the molecule is OC[C@@H]1COc2c(F)ccc(F)c2C1. The van der Waals surface area contributed by atoms with Gasteiger partial charge in [0.05, 0.1) is 6.61 Å². The van der Waals surface area contributed by atoms with E-state index in [1.165, 1.54) is 0 Å². The van der Waals surface area contributed by atoms with Crippen LogP contribution in [0.3, 0.4) is 0 Å². The van der Waals surface area contributed by atoms with Gasteiger partial charge in [0.1, 0.15) is 5.82 Å². The van der Waals surface area contributed by atoms with Crippen LogP contribution >= 0.6 is 0 Å². The van der Waals surface area contributed by atoms with Gasteiger partial charge < -0.3 is 9.84 Å². The van der Waals surface area contributed by atoms with Gasteiger partial charge in [-0.15, -0.1) is 0 Å². The van der Waals surface area contributed by atoms with E-state index in [0.717, 1.165) is 12.1 Å². The number of fused-ring (bicyclic) bond motifs is 1. The van der Waals surface area contributed by atoms with E-state index in [0.29, 0.717) is 6.42 Å². The Balaban J connectivity index is 2.40. The summed E-state index contributed by atoms with van der Waals surface area (Å²) in [6.07, 6.45) is 0.329. The van der Waals surface area contributed by atoms with E-state index < -0.39 is 11.6 Å². The Bertz CT molecular complexity index is 352. The third-order valence-electron chi connectivity index (χ3n) is 2.37. The van der Waals surface area contributed by atoms with Crippen molar-refractivity contribution in [2.75, 3.05) is 13.2 Å². The molecule has 0 radical (unpaired) electrons. The van der Waals surface area contributed by atoms with Crippen LogP contribution in [0, 0.1) is 17.6 Å². The van der Waals surface area contributed by atoms with Gasteiger partial charge in [0.2, 0.25) is 0 Å². The molecule has 0 amide bonds. The van der Waals surface area contributed by atoms with Crippen molar-refractivity contribution in [2.24, 2.45) is 5.92 Å². The van der Waals surface area contributed by atoms with Crippen LogP contribution in [0.25, 0.3) is 0 Å². The van der Waals surface area contributed by atoms with Crippen molar-refractivity contribution in [1.82, 2.24) is 0 Å². The highest BCUT2D eigenvalue weighted by Gasteiger charge is 2.24. The summed E-state index contributed by atoms with van der Waals surface area (Å²) in [5.41, 5.74) is 0.232. The number of benzene rings is 1. The second-order valence-electron chi connectivity index (χ2n) is 3.40. The van der Waals surface area contributed by atoms with Crippen LogP contribution in [0.4, 0.5) is 8.78 Å². The fourth-order valence-electron chi connectivity index (χ4n) is 1.59. The molecule has 0 aliphatic carbocycles. The summed E-state index contributed by atoms with van der Waals surface area (Å²) in [7, 11) is 0. The Morgan fingerprint density at radius 1 is 1.36 bits per heavy atom. The average Bonchev–Trinajstić information content (AvgIpc) is 2.23. The molecule has 0 unspecified atom stereocenters. The van der Waals surface area contributed by atoms with Crippen LogP contribution in [0.1, 0.15) is 5.56 Å². The molecule has 0 aromatic heterocycles. The highest BCUT2D eigenvalue weighted by Crippen LogP contribution is 2.31. The van der Waals surface area contributed by atoms with E-state index in [2.05, 4.69) is 0 Å². The van der Waals surface area contributed by atoms with Crippen molar-refractivity contribution in [3.05, 3.63) is 29.3 Å². The lowest BCUT2D eigenvalue weighted by atomic mass is 9.97. The van der Waals surface area contributed by atoms with E-state index in [1.54, 1.807) is 0 Å². The predicted octanol–water partition coefficient (Wildman–Crippen LogP) is 1.51. The van der Waals surface area contributed by atoms with Crippen molar-refractivity contribution < 1.29 is 18.6 Å². The zero-order chi connectivity index (χ0) is 10.1. The molecule has 0 spiro atoms. The topological polar surface area (TPSA) is 29.5 Å². The van der Waals surface area contributed by atoms with Gasteiger partial charge in [0.15, 0.2) is 11.6 Å². The average molecular weight is 200 g/mol. The molecule has 1 N–H and O–H groups in total. The molecular weight excluding hydrogens is 190 g/mol. The van der Waals surface area contributed by atoms with Gasteiger partial charge in [-0.1, -0.05) is 0 Å². The zero-order valence-corrected chi connectivity index (χ0v) is 7.46. The second kappa shape index (κ2) is 3.53. The first kappa shape index (κ1) is 9.40. The van der Waals surface area contributed by atoms with E-state index >= 15 is 0 Å². The standard InChI is InChI=1S/C10H10F2O2/c11-8-1-2-9(12)10-7(8)3-6(4-13)5-14-10/h1-2,6,13H,3-5H2/t6-/m1/s1. The molecule has 0 bridgehead atoms. The second-order valence-corrected chi connectivity index (χ2v) is 3.40. The Labute approximate surface area is 80.1 Å². The fraction of sp³-hybridized carbons (Fsp3) is 0.400. The summed E-state index contributed by atoms with van der Waals surface area (Å²) in [5, 5.41) is 8.88. The van der Waals surface area contributed by atoms with Crippen molar-refractivity contribution in [1.29, 1.82) is 0 Å². The number of rotatable bonds is 1. The maximum atomic E-state index is 13.2. The molecule has 1 aromatic carbocycles. The molecule has 4 heteroatoms. The number of ether oxygens (including phenoxy) is 1. The molecule has 1 aromatic rings. The maximum Gasteiger partial charge on any atom is 0.165 e. The molecule has 2 nitrogen and oxygen atoms in total. The Hall–Kier alpha value is -1.16. The molecule has 1 aliphatic rings. The molecule has 1 aliphatic heterocycles. The summed E-state index contributed by atoms with van der Waals surface area (Å²) in [6, 6.07) is 2.13. The molecule has 1 atom stereocenters. The molecule has 2 rings (SSSR count). The number of aliphatic hydroxyl groups excluding tert-OH is 1. The lowest BCUT2D eigenvalue weighted by molar-refractivity contribution is 0.140. The van der Waals surface area contributed by atoms with Gasteiger partial charge in [0, 0.05) is 18.1 Å². The lowest BCUT2D eigenvalue weighted by Crippen LogP contribution is -2.25. The number of halogens is 2. The third-order valence-corrected chi connectivity index (χ3v) is 2.37. The van der Waals surface area contributed by atoms with Crippen molar-refractivity contribution >= 4 is 0 Å². The van der Waals surface area contributed by atoms with E-state index in [1.807, 2.05) is 0 Å². The Morgan fingerprint density at radius 2 is 2.07 bits per heavy atom. The molecule has 14 heavy (non-hydrogen) atoms. The van der Waals surface area contributed by atoms with Crippen molar-refractivity contribution in [3.63, 3.8) is 0 Å². The molecule has 0 saturated carbocycles. The van der Waals surface area contributed by atoms with Crippen LogP contribution in [-0.2, 0) is 6.42 Å². The molecule has 76 valence electrons. The van der Waals surface area contributed by atoms with Crippen molar-refractivity contribution in [3.8, 4) is 5.75 Å². The monoisotopic (exact) mass is 200 g/mol. The number of hydrogen-bond donors (Lipinski definition) is 1. The molecule has 0 saturated heterocycles. The first-order chi connectivity index (χ1) is 6.72. The fourth-order valence-corrected chi connectivity index (χ4v) is 1.59. The van der Waals surface area contributed by atoms with Crippen LogP contribution in [0.15, 0.2) is 12.1 Å². The van der Waals surface area contributed by atoms with Gasteiger partial charge >= 0.3 is 0 Å². The smallest absolute Gasteiger partial charge is 0.165 e. The first-order valence-electron chi connectivity index (χ1n) is 4.43. The van der Waals surface area contributed by atoms with Crippen LogP contribution in [-0.4, -0.2) is 18.3 Å². The minimum atomic E-state index is -0.544. The first-order valence-corrected chi connectivity index (χ1v) is 4.43. The zero-order valence-electron chi connectivity index (χ0n) is 7.46. The highest BCUT2D eigenvalue weighted by molar-refractivity contribution is 5.37. The van der Waals surface area contributed by atoms with Gasteiger partial charge in [-0.2, -0.15) is 0 Å². The number of hydrogen-bond acceptors (Lipinski definition) is 2. The molecule has 0 fully saturated rings. The summed E-state index contributed by atoms with van der Waals surface area (Å²) in [4.78, 5) is 0. The van der Waals surface area contributed by atoms with E-state index in [-0.39, 0.29) is 30.4 Å². The lowest BCUT2D eigenvalue weighted by Gasteiger charge is -2.24.